The first-order valence-corrected chi connectivity index (χ1v) is 14.6. The molecular weight excluding hydrogens is 526 g/mol. The van der Waals surface area contributed by atoms with Crippen molar-refractivity contribution < 1.29 is 8.78 Å². The van der Waals surface area contributed by atoms with Crippen molar-refractivity contribution in [3.05, 3.63) is 142 Å². The van der Waals surface area contributed by atoms with Gasteiger partial charge in [0.25, 0.3) is 0 Å². The predicted octanol–water partition coefficient (Wildman–Crippen LogP) is 8.04. The van der Waals surface area contributed by atoms with Gasteiger partial charge in [-0.3, -0.25) is 9.80 Å². The number of nitrogens with zero attached hydrogens (tertiary/aromatic N) is 2. The Kier molecular flexibility index (Phi) is 6.88. The van der Waals surface area contributed by atoms with Gasteiger partial charge in [-0.15, -0.1) is 0 Å². The molecule has 2 aromatic heterocycles. The van der Waals surface area contributed by atoms with Crippen LogP contribution in [-0.4, -0.2) is 45.9 Å². The quantitative estimate of drug-likeness (QED) is 0.216. The van der Waals surface area contributed by atoms with Gasteiger partial charge in [0.2, 0.25) is 0 Å². The molecule has 212 valence electrons. The van der Waals surface area contributed by atoms with E-state index in [1.807, 2.05) is 48.5 Å². The van der Waals surface area contributed by atoms with Crippen molar-refractivity contribution in [2.75, 3.05) is 26.2 Å². The summed E-state index contributed by atoms with van der Waals surface area (Å²) in [7, 11) is 0. The van der Waals surface area contributed by atoms with Crippen LogP contribution in [0.5, 0.6) is 0 Å². The van der Waals surface area contributed by atoms with Gasteiger partial charge in [0, 0.05) is 81.6 Å². The minimum atomic E-state index is -0.244. The van der Waals surface area contributed by atoms with E-state index >= 15 is 8.78 Å². The Morgan fingerprint density at radius 3 is 1.29 bits per heavy atom. The summed E-state index contributed by atoms with van der Waals surface area (Å²) in [4.78, 5) is 11.8. The van der Waals surface area contributed by atoms with E-state index < -0.39 is 0 Å². The molecule has 3 heterocycles. The van der Waals surface area contributed by atoms with E-state index in [0.717, 1.165) is 44.3 Å². The summed E-state index contributed by atoms with van der Waals surface area (Å²) in [5, 5.41) is 2.23. The van der Waals surface area contributed by atoms with E-state index in [1.165, 1.54) is 0 Å². The molecule has 4 aromatic carbocycles. The number of piperazine rings is 1. The van der Waals surface area contributed by atoms with E-state index in [-0.39, 0.29) is 23.7 Å². The highest BCUT2D eigenvalue weighted by Crippen LogP contribution is 2.41. The molecule has 0 unspecified atom stereocenters. The van der Waals surface area contributed by atoms with Gasteiger partial charge < -0.3 is 9.97 Å². The van der Waals surface area contributed by atoms with Crippen molar-refractivity contribution in [2.24, 2.45) is 0 Å². The van der Waals surface area contributed by atoms with Crippen molar-refractivity contribution >= 4 is 21.8 Å². The summed E-state index contributed by atoms with van der Waals surface area (Å²) < 4.78 is 31.0. The van der Waals surface area contributed by atoms with Crippen molar-refractivity contribution in [1.82, 2.24) is 19.8 Å². The number of rotatable bonds is 6. The van der Waals surface area contributed by atoms with E-state index in [4.69, 9.17) is 0 Å². The zero-order valence-corrected chi connectivity index (χ0v) is 23.9. The van der Waals surface area contributed by atoms with Gasteiger partial charge in [0.05, 0.1) is 12.1 Å². The van der Waals surface area contributed by atoms with Crippen LogP contribution in [0.2, 0.25) is 0 Å². The number of hydrogen-bond acceptors (Lipinski definition) is 2. The van der Waals surface area contributed by atoms with Gasteiger partial charge in [-0.2, -0.15) is 0 Å². The lowest BCUT2D eigenvalue weighted by Gasteiger charge is -2.43. The predicted molar refractivity (Wildman–Crippen MR) is 166 cm³/mol. The molecule has 0 aliphatic carbocycles. The van der Waals surface area contributed by atoms with Crippen molar-refractivity contribution in [3.63, 3.8) is 0 Å². The molecule has 4 nitrogen and oxygen atoms in total. The Labute approximate surface area is 244 Å². The van der Waals surface area contributed by atoms with Crippen LogP contribution in [0, 0.1) is 25.5 Å². The summed E-state index contributed by atoms with van der Waals surface area (Å²) in [5.41, 5.74) is 7.79. The number of hydrogen-bond donors (Lipinski definition) is 2. The fourth-order valence-corrected chi connectivity index (χ4v) is 7.02. The largest absolute Gasteiger partial charge is 0.358 e. The summed E-state index contributed by atoms with van der Waals surface area (Å²) in [5.74, 6) is -0.401. The average Bonchev–Trinajstić information content (AvgIpc) is 3.51. The lowest BCUT2D eigenvalue weighted by Crippen LogP contribution is -2.49. The molecular formula is C36H34F2N4. The van der Waals surface area contributed by atoms with Gasteiger partial charge in [-0.05, 0) is 38.1 Å². The first kappa shape index (κ1) is 26.6. The molecule has 0 radical (unpaired) electrons. The third kappa shape index (κ3) is 4.52. The van der Waals surface area contributed by atoms with Crippen LogP contribution >= 0.6 is 0 Å². The van der Waals surface area contributed by atoms with Crippen LogP contribution in [0.3, 0.4) is 0 Å². The minimum absolute atomic E-state index is 0.201. The highest BCUT2D eigenvalue weighted by Gasteiger charge is 2.35. The Bertz CT molecular complexity index is 1740. The molecule has 7 rings (SSSR count). The summed E-state index contributed by atoms with van der Waals surface area (Å²) in [6, 6.07) is 30.3. The molecule has 0 bridgehead atoms. The van der Waals surface area contributed by atoms with Gasteiger partial charge >= 0.3 is 0 Å². The molecule has 2 atom stereocenters. The number of benzene rings is 4. The minimum Gasteiger partial charge on any atom is -0.358 e. The molecule has 1 fully saturated rings. The van der Waals surface area contributed by atoms with Crippen molar-refractivity contribution in [2.45, 2.75) is 25.9 Å². The maximum Gasteiger partial charge on any atom is 0.128 e. The number of para-hydroxylation sites is 2. The van der Waals surface area contributed by atoms with Gasteiger partial charge in [0.15, 0.2) is 0 Å². The highest BCUT2D eigenvalue weighted by molar-refractivity contribution is 5.86. The molecule has 0 saturated carbocycles. The van der Waals surface area contributed by atoms with Crippen LogP contribution in [0.4, 0.5) is 8.78 Å². The summed E-state index contributed by atoms with van der Waals surface area (Å²) in [6.45, 7) is 7.00. The molecule has 1 saturated heterocycles. The maximum absolute atomic E-state index is 15.5. The molecule has 6 heteroatoms. The van der Waals surface area contributed by atoms with Crippen LogP contribution in [0.1, 0.15) is 45.7 Å². The van der Waals surface area contributed by atoms with Gasteiger partial charge in [0.1, 0.15) is 11.6 Å². The summed E-state index contributed by atoms with van der Waals surface area (Å²) >= 11 is 0. The van der Waals surface area contributed by atoms with E-state index in [0.29, 0.717) is 37.3 Å². The monoisotopic (exact) mass is 560 g/mol. The van der Waals surface area contributed by atoms with Crippen LogP contribution < -0.4 is 0 Å². The Morgan fingerprint density at radius 2 is 0.881 bits per heavy atom. The highest BCUT2D eigenvalue weighted by atomic mass is 19.1. The smallest absolute Gasteiger partial charge is 0.128 e. The normalized spacial score (nSPS) is 16.3. The molecule has 1 aliphatic rings. The number of nitrogens with one attached hydrogen (secondary N) is 2. The number of H-pyrrole nitrogens is 2. The fraction of sp³-hybridized carbons (Fsp3) is 0.222. The standard InChI is InChI=1S/C36H34F2N4/c1-23-33(27-13-5-9-17-31(27)39-23)35(25-11-3-7-15-29(25)37)41-19-21-42(22-20-41)36(26-12-4-8-16-30(26)38)34-24(2)40-32-18-10-6-14-28(32)34/h3-18,35-36,39-40H,19-22H2,1-2H3/t35-,36-/m0/s1. The fourth-order valence-electron chi connectivity index (χ4n) is 7.02. The van der Waals surface area contributed by atoms with Crippen molar-refractivity contribution in [3.8, 4) is 0 Å². The van der Waals surface area contributed by atoms with E-state index in [1.54, 1.807) is 24.3 Å². The average molecular weight is 561 g/mol. The molecule has 42 heavy (non-hydrogen) atoms. The van der Waals surface area contributed by atoms with Gasteiger partial charge in [-0.25, -0.2) is 8.78 Å². The third-order valence-electron chi connectivity index (χ3n) is 8.91. The number of halogens is 2. The number of aryl methyl sites for hydroxylation is 2. The zero-order valence-electron chi connectivity index (χ0n) is 23.9. The van der Waals surface area contributed by atoms with Gasteiger partial charge in [-0.1, -0.05) is 72.8 Å². The Hall–Kier alpha value is -4.26. The summed E-state index contributed by atoms with van der Waals surface area (Å²) in [6.07, 6.45) is 0. The number of aromatic nitrogens is 2. The Morgan fingerprint density at radius 1 is 0.524 bits per heavy atom. The molecule has 1 aliphatic heterocycles. The second kappa shape index (κ2) is 10.9. The molecule has 0 spiro atoms. The third-order valence-corrected chi connectivity index (χ3v) is 8.91. The second-order valence-electron chi connectivity index (χ2n) is 11.3. The van der Waals surface area contributed by atoms with Crippen LogP contribution in [0.15, 0.2) is 97.1 Å². The molecule has 6 aromatic rings. The van der Waals surface area contributed by atoms with Crippen molar-refractivity contribution in [1.29, 1.82) is 0 Å². The van der Waals surface area contributed by atoms with Crippen LogP contribution in [-0.2, 0) is 0 Å². The topological polar surface area (TPSA) is 38.1 Å². The molecule has 0 amide bonds. The first-order chi connectivity index (χ1) is 20.5. The zero-order chi connectivity index (χ0) is 28.8. The second-order valence-corrected chi connectivity index (χ2v) is 11.3. The Balaban J connectivity index is 1.28. The number of fused-ring (bicyclic) bond motifs is 2. The van der Waals surface area contributed by atoms with Crippen LogP contribution in [0.25, 0.3) is 21.8 Å². The number of aromatic amines is 2. The van der Waals surface area contributed by atoms with E-state index in [9.17, 15) is 0 Å². The molecule has 2 N–H and O–H groups in total. The van der Waals surface area contributed by atoms with E-state index in [2.05, 4.69) is 57.9 Å². The maximum atomic E-state index is 15.5. The SMILES string of the molecule is Cc1[nH]c2ccccc2c1[C@H](c1ccccc1F)N1CCN([C@@H](c2ccccc2F)c2c(C)[nH]c3ccccc23)CC1. The lowest BCUT2D eigenvalue weighted by atomic mass is 9.91. The lowest BCUT2D eigenvalue weighted by molar-refractivity contribution is 0.0882. The first-order valence-electron chi connectivity index (χ1n) is 14.6.